The summed E-state index contributed by atoms with van der Waals surface area (Å²) < 4.78 is 2.10. The van der Waals surface area contributed by atoms with E-state index in [1.54, 1.807) is 0 Å². The van der Waals surface area contributed by atoms with E-state index in [1.807, 2.05) is 0 Å². The van der Waals surface area contributed by atoms with Gasteiger partial charge < -0.3 is 5.32 Å². The molecule has 1 aromatic heterocycles. The predicted molar refractivity (Wildman–Crippen MR) is 81.7 cm³/mol. The molecular formula is C16H28N4. The molecule has 1 saturated carbocycles. The van der Waals surface area contributed by atoms with E-state index in [1.165, 1.54) is 37.8 Å². The summed E-state index contributed by atoms with van der Waals surface area (Å²) in [5.74, 6) is 0.721. The lowest BCUT2D eigenvalue weighted by Gasteiger charge is -2.41. The van der Waals surface area contributed by atoms with Crippen LogP contribution in [0.15, 0.2) is 12.4 Å². The monoisotopic (exact) mass is 276 g/mol. The van der Waals surface area contributed by atoms with Crippen molar-refractivity contribution in [2.24, 2.45) is 5.92 Å². The van der Waals surface area contributed by atoms with Crippen molar-refractivity contribution in [2.75, 3.05) is 20.1 Å². The Morgan fingerprint density at radius 1 is 1.35 bits per heavy atom. The van der Waals surface area contributed by atoms with Crippen molar-refractivity contribution >= 4 is 0 Å². The topological polar surface area (TPSA) is 33.1 Å². The van der Waals surface area contributed by atoms with Gasteiger partial charge in [-0.1, -0.05) is 0 Å². The number of piperidine rings is 1. The molecule has 1 N–H and O–H groups in total. The number of aromatic nitrogens is 2. The van der Waals surface area contributed by atoms with Crippen LogP contribution in [0.4, 0.5) is 0 Å². The number of nitrogens with one attached hydrogen (secondary N) is 1. The van der Waals surface area contributed by atoms with Gasteiger partial charge in [-0.3, -0.25) is 9.58 Å². The molecule has 0 bridgehead atoms. The molecule has 0 radical (unpaired) electrons. The van der Waals surface area contributed by atoms with Gasteiger partial charge in [0.15, 0.2) is 0 Å². The number of hydrogen-bond acceptors (Lipinski definition) is 3. The maximum atomic E-state index is 4.57. The number of hydrogen-bond donors (Lipinski definition) is 1. The zero-order chi connectivity index (χ0) is 14.1. The number of nitrogens with zero attached hydrogens (tertiary/aromatic N) is 3. The van der Waals surface area contributed by atoms with Crippen LogP contribution in [0, 0.1) is 5.92 Å². The Morgan fingerprint density at radius 3 is 2.75 bits per heavy atom. The summed E-state index contributed by atoms with van der Waals surface area (Å²) >= 11 is 0. The van der Waals surface area contributed by atoms with Crippen molar-refractivity contribution in [3.63, 3.8) is 0 Å². The Kier molecular flexibility index (Phi) is 4.13. The Labute approximate surface area is 122 Å². The molecular weight excluding hydrogens is 248 g/mol. The number of likely N-dealkylation sites (tertiary alicyclic amines) is 1. The van der Waals surface area contributed by atoms with Crippen molar-refractivity contribution in [1.82, 2.24) is 20.0 Å². The molecule has 1 saturated heterocycles. The van der Waals surface area contributed by atoms with Crippen LogP contribution < -0.4 is 5.32 Å². The van der Waals surface area contributed by atoms with Crippen LogP contribution in [0.3, 0.4) is 0 Å². The molecule has 4 heteroatoms. The molecule has 1 aliphatic heterocycles. The van der Waals surface area contributed by atoms with Crippen LogP contribution in [0.25, 0.3) is 0 Å². The molecule has 2 atom stereocenters. The Morgan fingerprint density at radius 2 is 2.15 bits per heavy atom. The first-order valence-corrected chi connectivity index (χ1v) is 8.15. The Hall–Kier alpha value is -0.870. The van der Waals surface area contributed by atoms with Gasteiger partial charge in [0.05, 0.1) is 6.20 Å². The SMILES string of the molecule is CNCC1CCCN(C2CC2)C1c1cnn(C(C)C)c1. The first-order chi connectivity index (χ1) is 9.70. The molecule has 2 fully saturated rings. The van der Waals surface area contributed by atoms with Gasteiger partial charge in [-0.25, -0.2) is 0 Å². The fourth-order valence-corrected chi connectivity index (χ4v) is 3.65. The summed E-state index contributed by atoms with van der Waals surface area (Å²) in [5.41, 5.74) is 1.42. The minimum atomic E-state index is 0.449. The van der Waals surface area contributed by atoms with Gasteiger partial charge in [0.1, 0.15) is 0 Å². The van der Waals surface area contributed by atoms with Crippen LogP contribution in [-0.2, 0) is 0 Å². The molecule has 0 amide bonds. The summed E-state index contributed by atoms with van der Waals surface area (Å²) in [7, 11) is 2.07. The van der Waals surface area contributed by atoms with Crippen molar-refractivity contribution in [3.05, 3.63) is 18.0 Å². The second-order valence-corrected chi connectivity index (χ2v) is 6.72. The molecule has 2 aliphatic rings. The number of rotatable bonds is 5. The summed E-state index contributed by atoms with van der Waals surface area (Å²) in [6.07, 6.45) is 9.84. The van der Waals surface area contributed by atoms with E-state index in [0.29, 0.717) is 12.1 Å². The van der Waals surface area contributed by atoms with Crippen LogP contribution in [-0.4, -0.2) is 40.9 Å². The second-order valence-electron chi connectivity index (χ2n) is 6.72. The molecule has 3 rings (SSSR count). The quantitative estimate of drug-likeness (QED) is 0.897. The Balaban J connectivity index is 1.85. The third kappa shape index (κ3) is 2.77. The molecule has 1 aliphatic carbocycles. The van der Waals surface area contributed by atoms with E-state index in [2.05, 4.69) is 53.3 Å². The molecule has 2 heterocycles. The highest BCUT2D eigenvalue weighted by molar-refractivity contribution is 5.15. The van der Waals surface area contributed by atoms with E-state index in [0.717, 1.165) is 18.5 Å². The predicted octanol–water partition coefficient (Wildman–Crippen LogP) is 2.60. The maximum Gasteiger partial charge on any atom is 0.0537 e. The lowest BCUT2D eigenvalue weighted by atomic mass is 9.85. The van der Waals surface area contributed by atoms with Crippen LogP contribution in [0.2, 0.25) is 0 Å². The average molecular weight is 276 g/mol. The highest BCUT2D eigenvalue weighted by Crippen LogP contribution is 2.42. The van der Waals surface area contributed by atoms with Crippen molar-refractivity contribution < 1.29 is 0 Å². The van der Waals surface area contributed by atoms with Crippen LogP contribution >= 0.6 is 0 Å². The first kappa shape index (κ1) is 14.1. The van der Waals surface area contributed by atoms with E-state index in [-0.39, 0.29) is 0 Å². The van der Waals surface area contributed by atoms with Gasteiger partial charge in [-0.05, 0) is 65.6 Å². The smallest absolute Gasteiger partial charge is 0.0537 e. The van der Waals surface area contributed by atoms with Gasteiger partial charge >= 0.3 is 0 Å². The fraction of sp³-hybridized carbons (Fsp3) is 0.812. The van der Waals surface area contributed by atoms with Gasteiger partial charge in [-0.15, -0.1) is 0 Å². The summed E-state index contributed by atoms with van der Waals surface area (Å²) in [6, 6.07) is 1.85. The molecule has 4 nitrogen and oxygen atoms in total. The minimum Gasteiger partial charge on any atom is -0.319 e. The zero-order valence-electron chi connectivity index (χ0n) is 13.0. The van der Waals surface area contributed by atoms with Gasteiger partial charge in [0.25, 0.3) is 0 Å². The van der Waals surface area contributed by atoms with E-state index in [9.17, 15) is 0 Å². The normalized spacial score (nSPS) is 28.2. The van der Waals surface area contributed by atoms with E-state index >= 15 is 0 Å². The molecule has 2 unspecified atom stereocenters. The summed E-state index contributed by atoms with van der Waals surface area (Å²) in [5, 5.41) is 7.96. The maximum absolute atomic E-state index is 4.57. The lowest BCUT2D eigenvalue weighted by molar-refractivity contribution is 0.0844. The van der Waals surface area contributed by atoms with Gasteiger partial charge in [0, 0.05) is 29.9 Å². The standard InChI is InChI=1S/C16H28N4/c1-12(2)20-11-14(10-18-20)16-13(9-17-3)5-4-8-19(16)15-6-7-15/h10-13,15-17H,4-9H2,1-3H3. The van der Waals surface area contributed by atoms with Crippen LogP contribution in [0.5, 0.6) is 0 Å². The van der Waals surface area contributed by atoms with Gasteiger partial charge in [-0.2, -0.15) is 5.10 Å². The Bertz CT molecular complexity index is 433. The third-order valence-electron chi connectivity index (χ3n) is 4.77. The third-order valence-corrected chi connectivity index (χ3v) is 4.77. The van der Waals surface area contributed by atoms with E-state index < -0.39 is 0 Å². The van der Waals surface area contributed by atoms with Crippen molar-refractivity contribution in [3.8, 4) is 0 Å². The molecule has 0 spiro atoms. The highest BCUT2D eigenvalue weighted by Gasteiger charge is 2.40. The first-order valence-electron chi connectivity index (χ1n) is 8.15. The minimum absolute atomic E-state index is 0.449. The zero-order valence-corrected chi connectivity index (χ0v) is 13.0. The average Bonchev–Trinajstić information content (AvgIpc) is 3.16. The largest absolute Gasteiger partial charge is 0.319 e. The molecule has 112 valence electrons. The lowest BCUT2D eigenvalue weighted by Crippen LogP contribution is -2.43. The summed E-state index contributed by atoms with van der Waals surface area (Å²) in [4.78, 5) is 2.76. The molecule has 1 aromatic rings. The molecule has 0 aromatic carbocycles. The van der Waals surface area contributed by atoms with Crippen molar-refractivity contribution in [1.29, 1.82) is 0 Å². The van der Waals surface area contributed by atoms with Crippen LogP contribution in [0.1, 0.15) is 57.2 Å². The van der Waals surface area contributed by atoms with E-state index in [4.69, 9.17) is 0 Å². The fourth-order valence-electron chi connectivity index (χ4n) is 3.65. The second kappa shape index (κ2) is 5.86. The molecule has 20 heavy (non-hydrogen) atoms. The van der Waals surface area contributed by atoms with Crippen molar-refractivity contribution in [2.45, 2.75) is 57.7 Å². The van der Waals surface area contributed by atoms with Gasteiger partial charge in [0.2, 0.25) is 0 Å². The summed E-state index contributed by atoms with van der Waals surface area (Å²) in [6.45, 7) is 6.77. The highest BCUT2D eigenvalue weighted by atomic mass is 15.3.